The first-order valence-corrected chi connectivity index (χ1v) is 17.7. The van der Waals surface area contributed by atoms with Gasteiger partial charge in [0.15, 0.2) is 0 Å². The standard InChI is InChI=1S/C37H42BrN3O4S/c1-5-6-22-39-37(43)35(24-30-10-8-7-9-11-30)40(25-31-15-17-32(38)18-16-31)36(42)26-41(33-19-14-28(3)29(4)23-33)46(44,45)34-20-12-27(2)13-21-34/h7-21,23,35H,5-6,22,24-26H2,1-4H3,(H,39,43)/t35-/m0/s1. The summed E-state index contributed by atoms with van der Waals surface area (Å²) in [6.45, 7) is 7.92. The molecule has 2 amide bonds. The Balaban J connectivity index is 1.80. The highest BCUT2D eigenvalue weighted by molar-refractivity contribution is 9.10. The summed E-state index contributed by atoms with van der Waals surface area (Å²) in [4.78, 5) is 30.0. The number of hydrogen-bond donors (Lipinski definition) is 1. The average Bonchev–Trinajstić information content (AvgIpc) is 3.04. The number of nitrogens with one attached hydrogen (secondary N) is 1. The van der Waals surface area contributed by atoms with Crippen LogP contribution in [0.1, 0.15) is 47.6 Å². The summed E-state index contributed by atoms with van der Waals surface area (Å²) in [7, 11) is -4.15. The van der Waals surface area contributed by atoms with E-state index in [1.54, 1.807) is 36.4 Å². The number of aryl methyl sites for hydroxylation is 3. The van der Waals surface area contributed by atoms with Crippen LogP contribution in [0, 0.1) is 20.8 Å². The highest BCUT2D eigenvalue weighted by Crippen LogP contribution is 2.27. The summed E-state index contributed by atoms with van der Waals surface area (Å²) in [5.41, 5.74) is 4.92. The molecule has 4 aromatic rings. The molecule has 9 heteroatoms. The Kier molecular flexibility index (Phi) is 12.2. The van der Waals surface area contributed by atoms with Crippen molar-refractivity contribution in [2.45, 2.75) is 64.4 Å². The Bertz CT molecular complexity index is 1730. The summed E-state index contributed by atoms with van der Waals surface area (Å²) in [6, 6.07) is 28.2. The van der Waals surface area contributed by atoms with Gasteiger partial charge in [-0.25, -0.2) is 8.42 Å². The largest absolute Gasteiger partial charge is 0.354 e. The van der Waals surface area contributed by atoms with Gasteiger partial charge in [0.1, 0.15) is 12.6 Å². The molecule has 0 spiro atoms. The van der Waals surface area contributed by atoms with Crippen LogP contribution in [0.2, 0.25) is 0 Å². The number of amides is 2. The number of sulfonamides is 1. The molecule has 4 rings (SSSR count). The number of halogens is 1. The molecular weight excluding hydrogens is 662 g/mol. The van der Waals surface area contributed by atoms with E-state index >= 15 is 0 Å². The van der Waals surface area contributed by atoms with Crippen molar-refractivity contribution in [3.63, 3.8) is 0 Å². The van der Waals surface area contributed by atoms with Crippen molar-refractivity contribution in [3.8, 4) is 0 Å². The number of nitrogens with zero attached hydrogens (tertiary/aromatic N) is 2. The lowest BCUT2D eigenvalue weighted by Crippen LogP contribution is -2.53. The number of unbranched alkanes of at least 4 members (excludes halogenated alkanes) is 1. The quantitative estimate of drug-likeness (QED) is 0.142. The molecular formula is C37H42BrN3O4S. The maximum atomic E-state index is 14.6. The van der Waals surface area contributed by atoms with Crippen LogP contribution in [-0.2, 0) is 32.6 Å². The molecule has 0 aliphatic carbocycles. The second-order valence-corrected chi connectivity index (χ2v) is 14.4. The van der Waals surface area contributed by atoms with Crippen molar-refractivity contribution in [2.24, 2.45) is 0 Å². The van der Waals surface area contributed by atoms with Gasteiger partial charge in [0.25, 0.3) is 10.0 Å². The molecule has 0 saturated carbocycles. The fourth-order valence-electron chi connectivity index (χ4n) is 5.09. The number of benzene rings is 4. The fourth-order valence-corrected chi connectivity index (χ4v) is 6.76. The minimum atomic E-state index is -4.15. The van der Waals surface area contributed by atoms with Gasteiger partial charge in [0.05, 0.1) is 10.6 Å². The molecule has 0 bridgehead atoms. The van der Waals surface area contributed by atoms with E-state index in [4.69, 9.17) is 0 Å². The van der Waals surface area contributed by atoms with Crippen molar-refractivity contribution in [3.05, 3.63) is 129 Å². The zero-order chi connectivity index (χ0) is 33.3. The minimum absolute atomic E-state index is 0.0849. The van der Waals surface area contributed by atoms with Gasteiger partial charge in [0, 0.05) is 24.0 Å². The van der Waals surface area contributed by atoms with E-state index in [9.17, 15) is 18.0 Å². The number of carbonyl (C=O) groups is 2. The van der Waals surface area contributed by atoms with Crippen molar-refractivity contribution < 1.29 is 18.0 Å². The lowest BCUT2D eigenvalue weighted by atomic mass is 10.0. The molecule has 4 aromatic carbocycles. The average molecular weight is 705 g/mol. The molecule has 0 unspecified atom stereocenters. The van der Waals surface area contributed by atoms with Crippen LogP contribution in [0.4, 0.5) is 5.69 Å². The molecule has 7 nitrogen and oxygen atoms in total. The molecule has 0 aliphatic heterocycles. The molecule has 0 aliphatic rings. The smallest absolute Gasteiger partial charge is 0.264 e. The van der Waals surface area contributed by atoms with E-state index in [1.807, 2.05) is 88.4 Å². The summed E-state index contributed by atoms with van der Waals surface area (Å²) in [5, 5.41) is 3.02. The molecule has 0 fully saturated rings. The summed E-state index contributed by atoms with van der Waals surface area (Å²) < 4.78 is 30.5. The van der Waals surface area contributed by atoms with E-state index in [0.717, 1.165) is 49.4 Å². The Morgan fingerprint density at radius 2 is 1.50 bits per heavy atom. The third-order valence-corrected chi connectivity index (χ3v) is 10.3. The molecule has 0 aromatic heterocycles. The van der Waals surface area contributed by atoms with Gasteiger partial charge in [-0.05, 0) is 85.8 Å². The van der Waals surface area contributed by atoms with E-state index in [-0.39, 0.29) is 23.8 Å². The number of carbonyl (C=O) groups excluding carboxylic acids is 2. The van der Waals surface area contributed by atoms with E-state index in [2.05, 4.69) is 21.2 Å². The molecule has 1 N–H and O–H groups in total. The Hall–Kier alpha value is -3.95. The van der Waals surface area contributed by atoms with E-state index in [0.29, 0.717) is 12.2 Å². The SMILES string of the molecule is CCCCNC(=O)[C@H](Cc1ccccc1)N(Cc1ccc(Br)cc1)C(=O)CN(c1ccc(C)c(C)c1)S(=O)(=O)c1ccc(C)cc1. The van der Waals surface area contributed by atoms with Crippen molar-refractivity contribution in [2.75, 3.05) is 17.4 Å². The predicted molar refractivity (Wildman–Crippen MR) is 188 cm³/mol. The monoisotopic (exact) mass is 703 g/mol. The van der Waals surface area contributed by atoms with Gasteiger partial charge in [-0.3, -0.25) is 13.9 Å². The zero-order valence-electron chi connectivity index (χ0n) is 26.9. The zero-order valence-corrected chi connectivity index (χ0v) is 29.3. The first kappa shape index (κ1) is 34.9. The highest BCUT2D eigenvalue weighted by Gasteiger charge is 2.34. The lowest BCUT2D eigenvalue weighted by molar-refractivity contribution is -0.140. The predicted octanol–water partition coefficient (Wildman–Crippen LogP) is 7.13. The van der Waals surface area contributed by atoms with Gasteiger partial charge in [0.2, 0.25) is 11.8 Å². The third kappa shape index (κ3) is 9.07. The lowest BCUT2D eigenvalue weighted by Gasteiger charge is -2.34. The van der Waals surface area contributed by atoms with Crippen molar-refractivity contribution in [1.82, 2.24) is 10.2 Å². The first-order chi connectivity index (χ1) is 22.0. The van der Waals surface area contributed by atoms with Gasteiger partial charge in [-0.2, -0.15) is 0 Å². The van der Waals surface area contributed by atoms with Gasteiger partial charge in [-0.15, -0.1) is 0 Å². The Morgan fingerprint density at radius 3 is 2.13 bits per heavy atom. The maximum Gasteiger partial charge on any atom is 0.264 e. The van der Waals surface area contributed by atoms with Crippen LogP contribution in [0.5, 0.6) is 0 Å². The Morgan fingerprint density at radius 1 is 0.826 bits per heavy atom. The maximum absolute atomic E-state index is 14.6. The number of hydrogen-bond acceptors (Lipinski definition) is 4. The number of rotatable bonds is 14. The van der Waals surface area contributed by atoms with Crippen LogP contribution in [0.3, 0.4) is 0 Å². The topological polar surface area (TPSA) is 86.8 Å². The van der Waals surface area contributed by atoms with Gasteiger partial charge < -0.3 is 10.2 Å². The minimum Gasteiger partial charge on any atom is -0.354 e. The molecule has 0 saturated heterocycles. The van der Waals surface area contributed by atoms with E-state index < -0.39 is 28.5 Å². The molecule has 46 heavy (non-hydrogen) atoms. The third-order valence-electron chi connectivity index (χ3n) is 8.03. The van der Waals surface area contributed by atoms with Gasteiger partial charge in [-0.1, -0.05) is 95.5 Å². The molecule has 1 atom stereocenters. The van der Waals surface area contributed by atoms with Crippen LogP contribution in [-0.4, -0.2) is 44.3 Å². The van der Waals surface area contributed by atoms with Crippen LogP contribution in [0.15, 0.2) is 106 Å². The Labute approximate surface area is 281 Å². The fraction of sp³-hybridized carbons (Fsp3) is 0.297. The molecule has 242 valence electrons. The van der Waals surface area contributed by atoms with Crippen LogP contribution >= 0.6 is 15.9 Å². The van der Waals surface area contributed by atoms with Gasteiger partial charge >= 0.3 is 0 Å². The van der Waals surface area contributed by atoms with Crippen LogP contribution < -0.4 is 9.62 Å². The summed E-state index contributed by atoms with van der Waals surface area (Å²) in [6.07, 6.45) is 1.99. The number of anilines is 1. The van der Waals surface area contributed by atoms with Crippen molar-refractivity contribution in [1.29, 1.82) is 0 Å². The summed E-state index contributed by atoms with van der Waals surface area (Å²) >= 11 is 3.47. The van der Waals surface area contributed by atoms with Crippen LogP contribution in [0.25, 0.3) is 0 Å². The van der Waals surface area contributed by atoms with E-state index in [1.165, 1.54) is 4.90 Å². The van der Waals surface area contributed by atoms with Crippen molar-refractivity contribution >= 4 is 43.5 Å². The highest BCUT2D eigenvalue weighted by atomic mass is 79.9. The normalized spacial score (nSPS) is 11.9. The molecule has 0 heterocycles. The second kappa shape index (κ2) is 16.1. The molecule has 0 radical (unpaired) electrons. The first-order valence-electron chi connectivity index (χ1n) is 15.5. The second-order valence-electron chi connectivity index (χ2n) is 11.6. The summed E-state index contributed by atoms with van der Waals surface area (Å²) in [5.74, 6) is -0.759.